The zero-order chi connectivity index (χ0) is 29.3. The summed E-state index contributed by atoms with van der Waals surface area (Å²) < 4.78 is 5.28. The molecule has 45 heavy (non-hydrogen) atoms. The van der Waals surface area contributed by atoms with Gasteiger partial charge in [-0.3, -0.25) is 9.59 Å². The number of carbonyl (C=O) groups is 2. The van der Waals surface area contributed by atoms with Crippen molar-refractivity contribution in [3.8, 4) is 5.75 Å². The summed E-state index contributed by atoms with van der Waals surface area (Å²) in [7, 11) is 1.67. The predicted octanol–water partition coefficient (Wildman–Crippen LogP) is 5.74. The fourth-order valence-corrected chi connectivity index (χ4v) is 7.31. The van der Waals surface area contributed by atoms with E-state index in [-0.39, 0.29) is 54.5 Å². The summed E-state index contributed by atoms with van der Waals surface area (Å²) in [6.45, 7) is 9.41. The third kappa shape index (κ3) is 7.57. The Bertz CT molecular complexity index is 1410. The van der Waals surface area contributed by atoms with Crippen LogP contribution in [0.15, 0.2) is 60.9 Å². The van der Waals surface area contributed by atoms with E-state index in [1.807, 2.05) is 54.0 Å². The molecule has 1 spiro atoms. The van der Waals surface area contributed by atoms with Crippen LogP contribution in [0.4, 0.5) is 0 Å². The summed E-state index contributed by atoms with van der Waals surface area (Å²) in [6, 6.07) is 18.6. The van der Waals surface area contributed by atoms with Crippen molar-refractivity contribution in [3.05, 3.63) is 89.0 Å². The molecule has 244 valence electrons. The second kappa shape index (κ2) is 15.6. The average molecular weight is 677 g/mol. The third-order valence-corrected chi connectivity index (χ3v) is 9.84. The SMILES string of the molecule is COc1ccc(CN2CCC3(CCN(CC4CN(C(=O)c5c(C)ncnc5C)CC4c4ccccc4)CC3)C2=O)cc1.Cl.Cl.Cl. The van der Waals surface area contributed by atoms with Gasteiger partial charge in [0.25, 0.3) is 5.91 Å². The summed E-state index contributed by atoms with van der Waals surface area (Å²) in [5.41, 5.74) is 4.28. The molecule has 3 fully saturated rings. The largest absolute Gasteiger partial charge is 0.497 e. The number of aromatic nitrogens is 2. The minimum atomic E-state index is -0.234. The van der Waals surface area contributed by atoms with Gasteiger partial charge in [-0.2, -0.15) is 0 Å². The highest BCUT2D eigenvalue weighted by Gasteiger charge is 2.48. The van der Waals surface area contributed by atoms with Crippen LogP contribution in [0, 0.1) is 25.2 Å². The molecule has 11 heteroatoms. The summed E-state index contributed by atoms with van der Waals surface area (Å²) in [4.78, 5) is 42.5. The number of likely N-dealkylation sites (tertiary alicyclic amines) is 3. The van der Waals surface area contributed by atoms with E-state index < -0.39 is 0 Å². The van der Waals surface area contributed by atoms with Gasteiger partial charge in [0.2, 0.25) is 5.91 Å². The maximum atomic E-state index is 13.7. The van der Waals surface area contributed by atoms with Crippen LogP contribution in [0.25, 0.3) is 0 Å². The summed E-state index contributed by atoms with van der Waals surface area (Å²) in [5.74, 6) is 1.76. The van der Waals surface area contributed by atoms with Crippen molar-refractivity contribution in [1.29, 1.82) is 0 Å². The van der Waals surface area contributed by atoms with Crippen LogP contribution in [0.2, 0.25) is 0 Å². The summed E-state index contributed by atoms with van der Waals surface area (Å²) in [6.07, 6.45) is 4.26. The van der Waals surface area contributed by atoms with Crippen molar-refractivity contribution in [2.24, 2.45) is 11.3 Å². The Kier molecular flexibility index (Phi) is 12.7. The van der Waals surface area contributed by atoms with Gasteiger partial charge in [0.1, 0.15) is 12.1 Å². The van der Waals surface area contributed by atoms with Gasteiger partial charge < -0.3 is 19.4 Å². The van der Waals surface area contributed by atoms with Gasteiger partial charge in [-0.1, -0.05) is 42.5 Å². The highest BCUT2D eigenvalue weighted by Crippen LogP contribution is 2.43. The Morgan fingerprint density at radius 2 is 1.51 bits per heavy atom. The van der Waals surface area contributed by atoms with Crippen molar-refractivity contribution in [1.82, 2.24) is 24.7 Å². The molecular weight excluding hydrogens is 633 g/mol. The fraction of sp³-hybridized carbons (Fsp3) is 0.471. The molecule has 3 aliphatic rings. The molecule has 8 nitrogen and oxygen atoms in total. The van der Waals surface area contributed by atoms with E-state index in [0.29, 0.717) is 37.0 Å². The molecule has 4 heterocycles. The molecule has 0 aliphatic carbocycles. The number of halogens is 3. The molecule has 0 N–H and O–H groups in total. The number of aryl methyl sites for hydroxylation is 2. The first kappa shape index (κ1) is 36.6. The normalized spacial score (nSPS) is 20.7. The Morgan fingerprint density at radius 3 is 2.13 bits per heavy atom. The van der Waals surface area contributed by atoms with E-state index in [0.717, 1.165) is 68.1 Å². The van der Waals surface area contributed by atoms with Gasteiger partial charge in [-0.05, 0) is 75.4 Å². The summed E-state index contributed by atoms with van der Waals surface area (Å²) in [5, 5.41) is 0. The lowest BCUT2D eigenvalue weighted by molar-refractivity contribution is -0.139. The van der Waals surface area contributed by atoms with Crippen molar-refractivity contribution < 1.29 is 14.3 Å². The standard InChI is InChI=1S/C34H41N5O3.3ClH/c1-24-31(25(2)36-23-35-24)32(40)39-21-28(30(22-39)27-7-5-4-6-8-27)20-37-16-13-34(14-17-37)15-18-38(33(34)41)19-26-9-11-29(42-3)12-10-26;;;/h4-12,23,28,30H,13-22H2,1-3H3;3*1H. The topological polar surface area (TPSA) is 78.9 Å². The predicted molar refractivity (Wildman–Crippen MR) is 183 cm³/mol. The smallest absolute Gasteiger partial charge is 0.257 e. The van der Waals surface area contributed by atoms with Crippen LogP contribution < -0.4 is 4.74 Å². The van der Waals surface area contributed by atoms with Gasteiger partial charge in [-0.25, -0.2) is 9.97 Å². The number of carbonyl (C=O) groups excluding carboxylic acids is 2. The summed E-state index contributed by atoms with van der Waals surface area (Å²) >= 11 is 0. The number of methoxy groups -OCH3 is 1. The Labute approximate surface area is 285 Å². The molecule has 2 atom stereocenters. The molecule has 0 radical (unpaired) electrons. The molecular formula is C34H44Cl3N5O3. The molecule has 3 aromatic rings. The molecule has 2 unspecified atom stereocenters. The number of amides is 2. The number of hydrogen-bond acceptors (Lipinski definition) is 6. The number of rotatable bonds is 7. The van der Waals surface area contributed by atoms with Gasteiger partial charge >= 0.3 is 0 Å². The minimum absolute atomic E-state index is 0. The van der Waals surface area contributed by atoms with E-state index in [2.05, 4.69) is 39.1 Å². The monoisotopic (exact) mass is 675 g/mol. The molecule has 6 rings (SSSR count). The first-order chi connectivity index (χ1) is 20.4. The first-order valence-electron chi connectivity index (χ1n) is 15.1. The van der Waals surface area contributed by atoms with Crippen LogP contribution >= 0.6 is 37.2 Å². The zero-order valence-electron chi connectivity index (χ0n) is 26.2. The van der Waals surface area contributed by atoms with E-state index in [4.69, 9.17) is 4.74 Å². The zero-order valence-corrected chi connectivity index (χ0v) is 28.6. The second-order valence-electron chi connectivity index (χ2n) is 12.3. The third-order valence-electron chi connectivity index (χ3n) is 9.84. The Morgan fingerprint density at radius 1 is 0.889 bits per heavy atom. The number of benzene rings is 2. The number of ether oxygens (including phenoxy) is 1. The lowest BCUT2D eigenvalue weighted by Gasteiger charge is -2.39. The van der Waals surface area contributed by atoms with E-state index in [1.165, 1.54) is 11.9 Å². The minimum Gasteiger partial charge on any atom is -0.497 e. The van der Waals surface area contributed by atoms with Gasteiger partial charge in [-0.15, -0.1) is 37.2 Å². The highest BCUT2D eigenvalue weighted by atomic mass is 35.5. The molecule has 3 aliphatic heterocycles. The first-order valence-corrected chi connectivity index (χ1v) is 15.1. The van der Waals surface area contributed by atoms with E-state index in [1.54, 1.807) is 7.11 Å². The van der Waals surface area contributed by atoms with Crippen LogP contribution in [0.5, 0.6) is 5.75 Å². The second-order valence-corrected chi connectivity index (χ2v) is 12.3. The van der Waals surface area contributed by atoms with Crippen LogP contribution in [0.1, 0.15) is 58.1 Å². The van der Waals surface area contributed by atoms with Gasteiger partial charge in [0.15, 0.2) is 0 Å². The molecule has 1 aromatic heterocycles. The van der Waals surface area contributed by atoms with E-state index >= 15 is 0 Å². The van der Waals surface area contributed by atoms with Crippen LogP contribution in [0.3, 0.4) is 0 Å². The molecule has 0 bridgehead atoms. The lowest BCUT2D eigenvalue weighted by Crippen LogP contribution is -2.46. The van der Waals surface area contributed by atoms with Crippen LogP contribution in [-0.4, -0.2) is 82.9 Å². The lowest BCUT2D eigenvalue weighted by atomic mass is 9.76. The number of piperidine rings is 1. The quantitative estimate of drug-likeness (QED) is 0.318. The van der Waals surface area contributed by atoms with E-state index in [9.17, 15) is 9.59 Å². The number of hydrogen-bond donors (Lipinski definition) is 0. The fourth-order valence-electron chi connectivity index (χ4n) is 7.31. The van der Waals surface area contributed by atoms with Crippen LogP contribution in [-0.2, 0) is 11.3 Å². The molecule has 2 aromatic carbocycles. The van der Waals surface area contributed by atoms with Gasteiger partial charge in [0.05, 0.1) is 29.5 Å². The maximum absolute atomic E-state index is 13.7. The van der Waals surface area contributed by atoms with Crippen molar-refractivity contribution in [2.45, 2.75) is 45.6 Å². The van der Waals surface area contributed by atoms with Crippen molar-refractivity contribution in [2.75, 3.05) is 46.4 Å². The molecule has 3 saturated heterocycles. The molecule has 2 amide bonds. The van der Waals surface area contributed by atoms with Crippen molar-refractivity contribution in [3.63, 3.8) is 0 Å². The maximum Gasteiger partial charge on any atom is 0.257 e. The van der Waals surface area contributed by atoms with Crippen molar-refractivity contribution >= 4 is 49.0 Å². The number of nitrogens with zero attached hydrogens (tertiary/aromatic N) is 5. The average Bonchev–Trinajstić information content (AvgIpc) is 3.56. The Balaban J connectivity index is 0.00000184. The molecule has 0 saturated carbocycles. The van der Waals surface area contributed by atoms with Gasteiger partial charge in [0, 0.05) is 38.6 Å². The highest BCUT2D eigenvalue weighted by molar-refractivity contribution is 5.96. The Hall–Kier alpha value is -2.91.